The van der Waals surface area contributed by atoms with E-state index < -0.39 is 5.97 Å². The van der Waals surface area contributed by atoms with Crippen LogP contribution >= 0.6 is 0 Å². The number of benzene rings is 1. The van der Waals surface area contributed by atoms with Gasteiger partial charge in [0, 0.05) is 5.69 Å². The predicted molar refractivity (Wildman–Crippen MR) is 47.5 cm³/mol. The molecule has 0 bridgehead atoms. The average Bonchev–Trinajstić information content (AvgIpc) is 2.49. The van der Waals surface area contributed by atoms with E-state index in [0.29, 0.717) is 16.6 Å². The Bertz CT molecular complexity index is 475. The first kappa shape index (κ1) is 7.60. The monoisotopic (exact) mass is 177 g/mol. The van der Waals surface area contributed by atoms with Gasteiger partial charge in [-0.2, -0.15) is 5.10 Å². The maximum absolute atomic E-state index is 10.7. The van der Waals surface area contributed by atoms with Crippen molar-refractivity contribution < 1.29 is 9.90 Å². The normalized spacial score (nSPS) is 10.5. The zero-order chi connectivity index (χ0) is 9.42. The molecule has 1 aromatic carbocycles. The van der Waals surface area contributed by atoms with Crippen LogP contribution in [0.2, 0.25) is 0 Å². The number of nitrogens with two attached hydrogens (primary N) is 1. The van der Waals surface area contributed by atoms with Crippen molar-refractivity contribution in [2.75, 3.05) is 5.73 Å². The van der Waals surface area contributed by atoms with Gasteiger partial charge in [0.15, 0.2) is 5.69 Å². The second-order valence-corrected chi connectivity index (χ2v) is 2.65. The number of nitrogens with zero attached hydrogens (tertiary/aromatic N) is 1. The van der Waals surface area contributed by atoms with E-state index in [9.17, 15) is 4.79 Å². The summed E-state index contributed by atoms with van der Waals surface area (Å²) in [5.74, 6) is -1.08. The third-order valence-electron chi connectivity index (χ3n) is 1.82. The van der Waals surface area contributed by atoms with Crippen LogP contribution in [0.1, 0.15) is 10.5 Å². The third-order valence-corrected chi connectivity index (χ3v) is 1.82. The number of aromatic nitrogens is 2. The van der Waals surface area contributed by atoms with Crippen LogP contribution in [0, 0.1) is 0 Å². The number of fused-ring (bicyclic) bond motifs is 1. The Morgan fingerprint density at radius 3 is 3.00 bits per heavy atom. The highest BCUT2D eigenvalue weighted by molar-refractivity contribution is 6.06. The van der Waals surface area contributed by atoms with Crippen LogP contribution in [0.4, 0.5) is 5.69 Å². The molecule has 4 N–H and O–H groups in total. The van der Waals surface area contributed by atoms with E-state index >= 15 is 0 Å². The molecule has 66 valence electrons. The molecule has 0 radical (unpaired) electrons. The van der Waals surface area contributed by atoms with Crippen molar-refractivity contribution in [1.29, 1.82) is 0 Å². The first-order chi connectivity index (χ1) is 6.20. The second kappa shape index (κ2) is 2.48. The van der Waals surface area contributed by atoms with Crippen LogP contribution in [0.5, 0.6) is 0 Å². The fourth-order valence-corrected chi connectivity index (χ4v) is 1.25. The molecule has 13 heavy (non-hydrogen) atoms. The molecule has 2 rings (SSSR count). The van der Waals surface area contributed by atoms with Crippen molar-refractivity contribution in [2.45, 2.75) is 0 Å². The fourth-order valence-electron chi connectivity index (χ4n) is 1.25. The van der Waals surface area contributed by atoms with Crippen molar-refractivity contribution in [3.8, 4) is 0 Å². The van der Waals surface area contributed by atoms with E-state index in [1.807, 2.05) is 0 Å². The number of rotatable bonds is 1. The SMILES string of the molecule is Nc1cccc2[nH]nc(C(=O)O)c12. The molecule has 0 atom stereocenters. The topological polar surface area (TPSA) is 92.0 Å². The Labute approximate surface area is 73.2 Å². The van der Waals surface area contributed by atoms with E-state index in [0.717, 1.165) is 0 Å². The Kier molecular flexibility index (Phi) is 1.45. The van der Waals surface area contributed by atoms with Crippen LogP contribution in [0.3, 0.4) is 0 Å². The lowest BCUT2D eigenvalue weighted by atomic mass is 10.2. The Balaban J connectivity index is 2.86. The summed E-state index contributed by atoms with van der Waals surface area (Å²) in [4.78, 5) is 10.7. The van der Waals surface area contributed by atoms with E-state index in [-0.39, 0.29) is 5.69 Å². The van der Waals surface area contributed by atoms with Gasteiger partial charge in [-0.05, 0) is 12.1 Å². The molecular formula is C8H7N3O2. The summed E-state index contributed by atoms with van der Waals surface area (Å²) in [5, 5.41) is 15.5. The molecule has 1 aromatic heterocycles. The molecule has 0 amide bonds. The summed E-state index contributed by atoms with van der Waals surface area (Å²) >= 11 is 0. The number of aromatic carboxylic acids is 1. The second-order valence-electron chi connectivity index (χ2n) is 2.65. The minimum atomic E-state index is -1.08. The first-order valence-corrected chi connectivity index (χ1v) is 3.66. The van der Waals surface area contributed by atoms with Crippen molar-refractivity contribution in [2.24, 2.45) is 0 Å². The third kappa shape index (κ3) is 1.01. The number of H-pyrrole nitrogens is 1. The molecule has 0 aliphatic carbocycles. The van der Waals surface area contributed by atoms with Crippen LogP contribution < -0.4 is 5.73 Å². The van der Waals surface area contributed by atoms with Crippen LogP contribution in [0.25, 0.3) is 10.9 Å². The average molecular weight is 177 g/mol. The highest BCUT2D eigenvalue weighted by atomic mass is 16.4. The van der Waals surface area contributed by atoms with Crippen LogP contribution in [-0.4, -0.2) is 21.3 Å². The summed E-state index contributed by atoms with van der Waals surface area (Å²) in [6.07, 6.45) is 0. The number of hydrogen-bond donors (Lipinski definition) is 3. The van der Waals surface area contributed by atoms with E-state index in [2.05, 4.69) is 10.2 Å². The maximum atomic E-state index is 10.7. The Hall–Kier alpha value is -2.04. The lowest BCUT2D eigenvalue weighted by molar-refractivity contribution is 0.0692. The highest BCUT2D eigenvalue weighted by Gasteiger charge is 2.13. The number of nitrogen functional groups attached to an aromatic ring is 1. The summed E-state index contributed by atoms with van der Waals surface area (Å²) in [6.45, 7) is 0. The molecule has 0 unspecified atom stereocenters. The Morgan fingerprint density at radius 2 is 2.31 bits per heavy atom. The maximum Gasteiger partial charge on any atom is 0.357 e. The van der Waals surface area contributed by atoms with Gasteiger partial charge in [0.25, 0.3) is 0 Å². The summed E-state index contributed by atoms with van der Waals surface area (Å²) in [5.41, 5.74) is 6.64. The summed E-state index contributed by atoms with van der Waals surface area (Å²) < 4.78 is 0. The zero-order valence-corrected chi connectivity index (χ0v) is 6.61. The molecular weight excluding hydrogens is 170 g/mol. The standard InChI is InChI=1S/C8H7N3O2/c9-4-2-1-3-5-6(4)7(8(12)13)11-10-5/h1-3H,9H2,(H,10,11)(H,12,13). The van der Waals surface area contributed by atoms with Gasteiger partial charge in [0.05, 0.1) is 10.9 Å². The van der Waals surface area contributed by atoms with Gasteiger partial charge in [0.1, 0.15) is 0 Å². The number of anilines is 1. The van der Waals surface area contributed by atoms with Gasteiger partial charge in [-0.3, -0.25) is 5.10 Å². The summed E-state index contributed by atoms with van der Waals surface area (Å²) in [7, 11) is 0. The molecule has 0 spiro atoms. The number of carboxylic acid groups (broad SMARTS) is 1. The highest BCUT2D eigenvalue weighted by Crippen LogP contribution is 2.21. The van der Waals surface area contributed by atoms with E-state index in [4.69, 9.17) is 10.8 Å². The van der Waals surface area contributed by atoms with Gasteiger partial charge in [-0.1, -0.05) is 6.07 Å². The molecule has 5 nitrogen and oxygen atoms in total. The van der Waals surface area contributed by atoms with Gasteiger partial charge in [-0.15, -0.1) is 0 Å². The smallest absolute Gasteiger partial charge is 0.357 e. The van der Waals surface area contributed by atoms with Crippen molar-refractivity contribution in [1.82, 2.24) is 10.2 Å². The number of aromatic amines is 1. The van der Waals surface area contributed by atoms with Gasteiger partial charge in [-0.25, -0.2) is 4.79 Å². The molecule has 2 aromatic rings. The molecule has 0 aliphatic heterocycles. The molecule has 0 saturated heterocycles. The van der Waals surface area contributed by atoms with Crippen LogP contribution in [-0.2, 0) is 0 Å². The number of carboxylic acids is 1. The molecule has 0 saturated carbocycles. The van der Waals surface area contributed by atoms with E-state index in [1.165, 1.54) is 0 Å². The summed E-state index contributed by atoms with van der Waals surface area (Å²) in [6, 6.07) is 5.11. The Morgan fingerprint density at radius 1 is 1.54 bits per heavy atom. The quantitative estimate of drug-likeness (QED) is 0.563. The van der Waals surface area contributed by atoms with E-state index in [1.54, 1.807) is 18.2 Å². The number of nitrogens with one attached hydrogen (secondary N) is 1. The zero-order valence-electron chi connectivity index (χ0n) is 6.61. The van der Waals surface area contributed by atoms with Crippen molar-refractivity contribution >= 4 is 22.6 Å². The fraction of sp³-hybridized carbons (Fsp3) is 0. The largest absolute Gasteiger partial charge is 0.476 e. The van der Waals surface area contributed by atoms with Crippen LogP contribution in [0.15, 0.2) is 18.2 Å². The van der Waals surface area contributed by atoms with Crippen molar-refractivity contribution in [3.63, 3.8) is 0 Å². The van der Waals surface area contributed by atoms with Gasteiger partial charge >= 0.3 is 5.97 Å². The lowest BCUT2D eigenvalue weighted by Gasteiger charge is -1.94. The molecule has 1 heterocycles. The molecule has 0 aliphatic rings. The molecule has 5 heteroatoms. The first-order valence-electron chi connectivity index (χ1n) is 3.66. The molecule has 0 fully saturated rings. The lowest BCUT2D eigenvalue weighted by Crippen LogP contribution is -1.98. The minimum Gasteiger partial charge on any atom is -0.476 e. The van der Waals surface area contributed by atoms with Crippen molar-refractivity contribution in [3.05, 3.63) is 23.9 Å². The van der Waals surface area contributed by atoms with Gasteiger partial charge in [0.2, 0.25) is 0 Å². The predicted octanol–water partition coefficient (Wildman–Crippen LogP) is 0.843. The number of carbonyl (C=O) groups is 1. The number of hydrogen-bond acceptors (Lipinski definition) is 3. The van der Waals surface area contributed by atoms with Gasteiger partial charge < -0.3 is 10.8 Å². The minimum absolute atomic E-state index is 0.0342.